The molecule has 8 nitrogen and oxygen atoms in total. The molecule has 10 heteroatoms. The fourth-order valence-electron chi connectivity index (χ4n) is 3.72. The molecule has 0 unspecified atom stereocenters. The third-order valence-corrected chi connectivity index (χ3v) is 6.49. The van der Waals surface area contributed by atoms with Gasteiger partial charge in [0.15, 0.2) is 9.90 Å². The Morgan fingerprint density at radius 2 is 1.97 bits per heavy atom. The molecular weight excluding hydrogens is 442 g/mol. The number of carbonyl (C=O) groups is 1. The third-order valence-electron chi connectivity index (χ3n) is 5.37. The summed E-state index contributed by atoms with van der Waals surface area (Å²) < 4.78 is 2.45. The van der Waals surface area contributed by atoms with E-state index in [1.807, 2.05) is 16.0 Å². The first-order chi connectivity index (χ1) is 15.6. The Hall–Kier alpha value is -2.66. The summed E-state index contributed by atoms with van der Waals surface area (Å²) in [6.45, 7) is 9.38. The van der Waals surface area contributed by atoms with E-state index in [-0.39, 0.29) is 5.91 Å². The lowest BCUT2D eigenvalue weighted by atomic mass is 10.2. The molecule has 4 rings (SSSR count). The normalized spacial score (nSPS) is 15.0. The van der Waals surface area contributed by atoms with E-state index in [1.54, 1.807) is 6.08 Å². The van der Waals surface area contributed by atoms with Gasteiger partial charge in [0.25, 0.3) is 0 Å². The van der Waals surface area contributed by atoms with Gasteiger partial charge in [0.2, 0.25) is 5.91 Å². The van der Waals surface area contributed by atoms with Crippen molar-refractivity contribution in [2.75, 3.05) is 38.0 Å². The Morgan fingerprint density at radius 1 is 1.22 bits per heavy atom. The Morgan fingerprint density at radius 3 is 2.72 bits per heavy atom. The van der Waals surface area contributed by atoms with Gasteiger partial charge in [-0.05, 0) is 17.8 Å². The number of carbonyl (C=O) groups excluding carboxylic acids is 1. The van der Waals surface area contributed by atoms with Gasteiger partial charge in [0.1, 0.15) is 5.82 Å². The number of H-pyrrole nitrogens is 1. The topological polar surface area (TPSA) is 82.1 Å². The van der Waals surface area contributed by atoms with Crippen LogP contribution in [-0.4, -0.2) is 68.2 Å². The number of aromatic nitrogens is 4. The highest BCUT2D eigenvalue weighted by atomic mass is 32.1. The summed E-state index contributed by atoms with van der Waals surface area (Å²) in [4.78, 5) is 21.7. The predicted molar refractivity (Wildman–Crippen MR) is 129 cm³/mol. The van der Waals surface area contributed by atoms with E-state index in [2.05, 4.69) is 61.1 Å². The number of rotatable bonds is 9. The molecule has 0 radical (unpaired) electrons. The minimum atomic E-state index is -0.0308. The average molecular weight is 470 g/mol. The first-order valence-corrected chi connectivity index (χ1v) is 11.9. The number of aromatic amines is 1. The summed E-state index contributed by atoms with van der Waals surface area (Å²) in [5, 5.41) is 12.6. The maximum Gasteiger partial charge on any atom is 0.240 e. The summed E-state index contributed by atoms with van der Waals surface area (Å²) in [7, 11) is 0. The van der Waals surface area contributed by atoms with Crippen molar-refractivity contribution in [2.45, 2.75) is 19.5 Å². The molecule has 2 N–H and O–H groups in total. The lowest BCUT2D eigenvalue weighted by Crippen LogP contribution is -2.48. The van der Waals surface area contributed by atoms with E-state index < -0.39 is 0 Å². The van der Waals surface area contributed by atoms with Crippen molar-refractivity contribution in [3.63, 3.8) is 0 Å². The number of hydrogen-bond donors (Lipinski definition) is 2. The molecule has 2 aromatic heterocycles. The molecule has 0 spiro atoms. The predicted octanol–water partition coefficient (Wildman–Crippen LogP) is 2.93. The zero-order valence-electron chi connectivity index (χ0n) is 17.9. The Kier molecular flexibility index (Phi) is 7.59. The number of anilines is 1. The van der Waals surface area contributed by atoms with Crippen molar-refractivity contribution < 1.29 is 4.79 Å². The summed E-state index contributed by atoms with van der Waals surface area (Å²) in [6.07, 6.45) is 2.32. The Balaban J connectivity index is 1.23. The summed E-state index contributed by atoms with van der Waals surface area (Å²) in [6, 6.07) is 10.5. The molecule has 0 atom stereocenters. The number of benzene rings is 1. The number of nitrogens with zero attached hydrogens (tertiary/aromatic N) is 5. The van der Waals surface area contributed by atoms with Crippen LogP contribution in [0, 0.1) is 4.77 Å². The molecule has 3 aromatic rings. The second-order valence-corrected chi connectivity index (χ2v) is 9.00. The quantitative estimate of drug-likeness (QED) is 0.370. The van der Waals surface area contributed by atoms with Crippen molar-refractivity contribution in [1.29, 1.82) is 0 Å². The lowest BCUT2D eigenvalue weighted by molar-refractivity contribution is -0.117. The minimum absolute atomic E-state index is 0.0308. The highest BCUT2D eigenvalue weighted by Gasteiger charge is 2.19. The summed E-state index contributed by atoms with van der Waals surface area (Å²) in [5.41, 5.74) is 2.17. The molecule has 0 saturated carbocycles. The fourth-order valence-corrected chi connectivity index (χ4v) is 4.67. The average Bonchev–Trinajstić information content (AvgIpc) is 3.37. The van der Waals surface area contributed by atoms with Crippen LogP contribution < -0.4 is 5.32 Å². The molecule has 1 aromatic carbocycles. The second kappa shape index (κ2) is 10.8. The number of hydrogen-bond acceptors (Lipinski definition) is 7. The van der Waals surface area contributed by atoms with Gasteiger partial charge < -0.3 is 5.32 Å². The number of piperazine rings is 1. The van der Waals surface area contributed by atoms with Crippen molar-refractivity contribution in [2.24, 2.45) is 0 Å². The highest BCUT2D eigenvalue weighted by molar-refractivity contribution is 7.71. The lowest BCUT2D eigenvalue weighted by Gasteiger charge is -2.34. The molecule has 1 fully saturated rings. The van der Waals surface area contributed by atoms with Crippen molar-refractivity contribution >= 4 is 34.6 Å². The fraction of sp³-hybridized carbons (Fsp3) is 0.364. The van der Waals surface area contributed by atoms with Gasteiger partial charge in [0.05, 0.1) is 18.7 Å². The first kappa shape index (κ1) is 22.5. The number of allylic oxidation sites excluding steroid dienone is 1. The van der Waals surface area contributed by atoms with Crippen LogP contribution in [0.5, 0.6) is 0 Å². The molecule has 32 heavy (non-hydrogen) atoms. The van der Waals surface area contributed by atoms with Crippen LogP contribution in [-0.2, 0) is 24.3 Å². The van der Waals surface area contributed by atoms with Crippen LogP contribution in [0.15, 0.2) is 48.4 Å². The smallest absolute Gasteiger partial charge is 0.240 e. The van der Waals surface area contributed by atoms with Gasteiger partial charge in [-0.1, -0.05) is 36.4 Å². The maximum absolute atomic E-state index is 12.5. The van der Waals surface area contributed by atoms with Gasteiger partial charge in [-0.15, -0.1) is 17.9 Å². The van der Waals surface area contributed by atoms with Crippen molar-refractivity contribution in [3.8, 4) is 0 Å². The molecule has 1 amide bonds. The van der Waals surface area contributed by atoms with E-state index in [9.17, 15) is 4.79 Å². The van der Waals surface area contributed by atoms with Crippen LogP contribution in [0.2, 0.25) is 0 Å². The standard InChI is InChI=1S/C22H27N7OS2/c1-2-8-29-19(25-26-22(29)31)13-18-16-32-21(23-18)24-20(30)15-28-11-9-27(10-12-28)14-17-6-4-3-5-7-17/h2-7,16H,1,8-15H2,(H,26,31)(H,23,24,30). The Bertz CT molecular complexity index is 1100. The zero-order valence-corrected chi connectivity index (χ0v) is 19.5. The van der Waals surface area contributed by atoms with Crippen LogP contribution in [0.4, 0.5) is 5.13 Å². The second-order valence-electron chi connectivity index (χ2n) is 7.75. The Labute approximate surface area is 196 Å². The van der Waals surface area contributed by atoms with E-state index in [0.29, 0.717) is 29.4 Å². The van der Waals surface area contributed by atoms with Crippen LogP contribution >= 0.6 is 23.6 Å². The molecule has 168 valence electrons. The maximum atomic E-state index is 12.5. The molecule has 1 aliphatic rings. The summed E-state index contributed by atoms with van der Waals surface area (Å²) >= 11 is 6.67. The zero-order chi connectivity index (χ0) is 22.3. The van der Waals surface area contributed by atoms with Crippen LogP contribution in [0.1, 0.15) is 17.1 Å². The third kappa shape index (κ3) is 5.98. The van der Waals surface area contributed by atoms with Gasteiger partial charge >= 0.3 is 0 Å². The van der Waals surface area contributed by atoms with Gasteiger partial charge in [0, 0.05) is 44.6 Å². The van der Waals surface area contributed by atoms with Gasteiger partial charge in [-0.2, -0.15) is 5.10 Å². The molecule has 0 aliphatic carbocycles. The molecule has 0 bridgehead atoms. The van der Waals surface area contributed by atoms with Crippen LogP contribution in [0.3, 0.4) is 0 Å². The first-order valence-electron chi connectivity index (χ1n) is 10.6. The van der Waals surface area contributed by atoms with E-state index in [4.69, 9.17) is 12.2 Å². The molecular formula is C22H27N7OS2. The molecule has 3 heterocycles. The molecule has 1 aliphatic heterocycles. The van der Waals surface area contributed by atoms with Crippen molar-refractivity contribution in [3.05, 3.63) is 70.2 Å². The largest absolute Gasteiger partial charge is 0.301 e. The SMILES string of the molecule is C=CCn1c(Cc2csc(NC(=O)CN3CCN(Cc4ccccc4)CC3)n2)n[nH]c1=S. The van der Waals surface area contributed by atoms with Gasteiger partial charge in [-0.3, -0.25) is 24.3 Å². The number of amides is 1. The van der Waals surface area contributed by atoms with E-state index in [0.717, 1.165) is 44.2 Å². The van der Waals surface area contributed by atoms with Crippen LogP contribution in [0.25, 0.3) is 0 Å². The number of thiazole rings is 1. The van der Waals surface area contributed by atoms with Crippen molar-refractivity contribution in [1.82, 2.24) is 29.5 Å². The summed E-state index contributed by atoms with van der Waals surface area (Å²) in [5.74, 6) is 0.767. The monoisotopic (exact) mass is 469 g/mol. The van der Waals surface area contributed by atoms with Gasteiger partial charge in [-0.25, -0.2) is 4.98 Å². The number of nitrogens with one attached hydrogen (secondary N) is 2. The minimum Gasteiger partial charge on any atom is -0.301 e. The highest BCUT2D eigenvalue weighted by Crippen LogP contribution is 2.18. The molecule has 1 saturated heterocycles. The van der Waals surface area contributed by atoms with E-state index in [1.165, 1.54) is 16.9 Å². The van der Waals surface area contributed by atoms with E-state index >= 15 is 0 Å².